The molecule has 0 bridgehead atoms. The van der Waals surface area contributed by atoms with Crippen molar-refractivity contribution in [3.05, 3.63) is 83.8 Å². The lowest BCUT2D eigenvalue weighted by atomic mass is 10.1. The number of carbonyl (C=O) groups excluding carboxylic acids is 2. The predicted molar refractivity (Wildman–Crippen MR) is 112 cm³/mol. The fourth-order valence-corrected chi connectivity index (χ4v) is 4.35. The van der Waals surface area contributed by atoms with Crippen LogP contribution < -0.4 is 10.2 Å². The van der Waals surface area contributed by atoms with E-state index in [1.807, 2.05) is 41.3 Å². The van der Waals surface area contributed by atoms with Crippen molar-refractivity contribution in [3.63, 3.8) is 0 Å². The summed E-state index contributed by atoms with van der Waals surface area (Å²) in [5, 5.41) is 2.73. The number of thioether (sulfide) groups is 1. The molecule has 28 heavy (non-hydrogen) atoms. The third-order valence-electron chi connectivity index (χ3n) is 4.69. The molecule has 2 heterocycles. The smallest absolute Gasteiger partial charge is 0.291 e. The molecule has 0 saturated carbocycles. The molecule has 3 aromatic rings. The highest BCUT2D eigenvalue weighted by atomic mass is 32.2. The Morgan fingerprint density at radius 3 is 2.54 bits per heavy atom. The third kappa shape index (κ3) is 3.68. The first-order chi connectivity index (χ1) is 13.7. The van der Waals surface area contributed by atoms with Crippen molar-refractivity contribution < 1.29 is 14.0 Å². The van der Waals surface area contributed by atoms with Gasteiger partial charge in [-0.2, -0.15) is 0 Å². The molecule has 1 atom stereocenters. The van der Waals surface area contributed by atoms with Crippen LogP contribution in [0.2, 0.25) is 0 Å². The van der Waals surface area contributed by atoms with Crippen molar-refractivity contribution in [2.24, 2.45) is 0 Å². The van der Waals surface area contributed by atoms with Gasteiger partial charge in [0.1, 0.15) is 5.37 Å². The highest BCUT2D eigenvalue weighted by Gasteiger charge is 2.33. The first kappa shape index (κ1) is 18.4. The van der Waals surface area contributed by atoms with E-state index in [1.165, 1.54) is 11.8 Å². The lowest BCUT2D eigenvalue weighted by Gasteiger charge is -2.24. The van der Waals surface area contributed by atoms with Crippen LogP contribution in [0.3, 0.4) is 0 Å². The van der Waals surface area contributed by atoms with E-state index in [-0.39, 0.29) is 22.9 Å². The summed E-state index contributed by atoms with van der Waals surface area (Å²) in [5.74, 6) is 0.537. The molecule has 1 aliphatic rings. The number of rotatable bonds is 5. The largest absolute Gasteiger partial charge is 0.459 e. The number of furan rings is 1. The van der Waals surface area contributed by atoms with Crippen molar-refractivity contribution in [2.45, 2.75) is 18.7 Å². The van der Waals surface area contributed by atoms with E-state index in [9.17, 15) is 9.59 Å². The second-order valence-electron chi connectivity index (χ2n) is 6.50. The van der Waals surface area contributed by atoms with E-state index in [0.717, 1.165) is 17.7 Å². The Morgan fingerprint density at radius 2 is 1.89 bits per heavy atom. The fraction of sp³-hybridized carbons (Fsp3) is 0.182. The molecule has 0 radical (unpaired) electrons. The summed E-state index contributed by atoms with van der Waals surface area (Å²) in [6.07, 6.45) is 2.44. The van der Waals surface area contributed by atoms with Gasteiger partial charge in [0.2, 0.25) is 5.91 Å². The van der Waals surface area contributed by atoms with Crippen LogP contribution in [0.1, 0.15) is 34.0 Å². The Hall–Kier alpha value is -2.99. The van der Waals surface area contributed by atoms with Gasteiger partial charge in [-0.1, -0.05) is 31.2 Å². The fourth-order valence-electron chi connectivity index (χ4n) is 3.17. The maximum absolute atomic E-state index is 12.5. The Bertz CT molecular complexity index is 966. The van der Waals surface area contributed by atoms with Gasteiger partial charge < -0.3 is 9.73 Å². The minimum absolute atomic E-state index is 0.0743. The van der Waals surface area contributed by atoms with Crippen LogP contribution in [-0.2, 0) is 11.2 Å². The summed E-state index contributed by atoms with van der Waals surface area (Å²) in [4.78, 5) is 26.4. The number of hydrogen-bond donors (Lipinski definition) is 1. The maximum atomic E-state index is 12.5. The topological polar surface area (TPSA) is 62.6 Å². The summed E-state index contributed by atoms with van der Waals surface area (Å²) >= 11 is 1.61. The maximum Gasteiger partial charge on any atom is 0.291 e. The Balaban J connectivity index is 1.52. The molecule has 6 heteroatoms. The minimum atomic E-state index is -0.291. The van der Waals surface area contributed by atoms with Gasteiger partial charge in [-0.3, -0.25) is 14.5 Å². The molecule has 1 aliphatic heterocycles. The summed E-state index contributed by atoms with van der Waals surface area (Å²) in [6.45, 7) is 2.11. The van der Waals surface area contributed by atoms with Crippen molar-refractivity contribution in [3.8, 4) is 0 Å². The molecule has 2 aromatic carbocycles. The molecule has 1 saturated heterocycles. The van der Waals surface area contributed by atoms with E-state index in [4.69, 9.17) is 4.42 Å². The highest BCUT2D eigenvalue weighted by Crippen LogP contribution is 2.42. The van der Waals surface area contributed by atoms with Crippen LogP contribution in [0.4, 0.5) is 11.4 Å². The number of nitrogens with zero attached hydrogens (tertiary/aromatic N) is 1. The average molecular weight is 392 g/mol. The first-order valence-electron chi connectivity index (χ1n) is 9.13. The van der Waals surface area contributed by atoms with Gasteiger partial charge in [-0.25, -0.2) is 0 Å². The van der Waals surface area contributed by atoms with Gasteiger partial charge in [-0.05, 0) is 53.9 Å². The Morgan fingerprint density at radius 1 is 1.14 bits per heavy atom. The predicted octanol–water partition coefficient (Wildman–Crippen LogP) is 4.87. The molecule has 2 amide bonds. The number of amides is 2. The molecular formula is C22H20N2O3S. The van der Waals surface area contributed by atoms with Crippen LogP contribution >= 0.6 is 11.8 Å². The monoisotopic (exact) mass is 392 g/mol. The minimum Gasteiger partial charge on any atom is -0.459 e. The van der Waals surface area contributed by atoms with E-state index < -0.39 is 0 Å². The lowest BCUT2D eigenvalue weighted by Crippen LogP contribution is -2.27. The van der Waals surface area contributed by atoms with Crippen molar-refractivity contribution >= 4 is 35.0 Å². The van der Waals surface area contributed by atoms with Crippen molar-refractivity contribution in [2.75, 3.05) is 16.0 Å². The molecular weight excluding hydrogens is 372 g/mol. The molecule has 0 aliphatic carbocycles. The van der Waals surface area contributed by atoms with E-state index in [0.29, 0.717) is 11.4 Å². The van der Waals surface area contributed by atoms with Crippen LogP contribution in [-0.4, -0.2) is 17.6 Å². The standard InChI is InChI=1S/C22H20N2O3S/c1-2-15-5-11-18(12-6-15)24-20(25)14-28-22(24)16-7-9-17(10-8-16)23-21(26)19-4-3-13-27-19/h3-13,22H,2,14H2,1H3,(H,23,26)/t22-/m1/s1. The zero-order chi connectivity index (χ0) is 19.5. The Labute approximate surface area is 167 Å². The third-order valence-corrected chi connectivity index (χ3v) is 5.90. The number of benzene rings is 2. The zero-order valence-electron chi connectivity index (χ0n) is 15.4. The normalized spacial score (nSPS) is 16.4. The second kappa shape index (κ2) is 7.94. The van der Waals surface area contributed by atoms with Crippen LogP contribution in [0.25, 0.3) is 0 Å². The van der Waals surface area contributed by atoms with Crippen LogP contribution in [0, 0.1) is 0 Å². The summed E-state index contributed by atoms with van der Waals surface area (Å²) < 4.78 is 5.10. The van der Waals surface area contributed by atoms with Gasteiger partial charge in [0.25, 0.3) is 5.91 Å². The molecule has 0 unspecified atom stereocenters. The average Bonchev–Trinajstić information content (AvgIpc) is 3.39. The SMILES string of the molecule is CCc1ccc(N2C(=O)CS[C@@H]2c2ccc(NC(=O)c3ccco3)cc2)cc1. The van der Waals surface area contributed by atoms with Gasteiger partial charge in [0.15, 0.2) is 5.76 Å². The molecule has 1 aromatic heterocycles. The summed E-state index contributed by atoms with van der Waals surface area (Å²) in [5.41, 5.74) is 3.85. The van der Waals surface area contributed by atoms with E-state index >= 15 is 0 Å². The van der Waals surface area contributed by atoms with Gasteiger partial charge in [-0.15, -0.1) is 11.8 Å². The van der Waals surface area contributed by atoms with Gasteiger partial charge in [0, 0.05) is 11.4 Å². The van der Waals surface area contributed by atoms with Crippen molar-refractivity contribution in [1.29, 1.82) is 0 Å². The number of aryl methyl sites for hydroxylation is 1. The molecule has 1 N–H and O–H groups in total. The number of anilines is 2. The van der Waals surface area contributed by atoms with Gasteiger partial charge in [0.05, 0.1) is 12.0 Å². The first-order valence-corrected chi connectivity index (χ1v) is 10.2. The second-order valence-corrected chi connectivity index (χ2v) is 7.57. The molecule has 0 spiro atoms. The molecule has 5 nitrogen and oxygen atoms in total. The van der Waals surface area contributed by atoms with E-state index in [1.54, 1.807) is 23.9 Å². The van der Waals surface area contributed by atoms with Crippen LogP contribution in [0.15, 0.2) is 71.3 Å². The number of nitrogens with one attached hydrogen (secondary N) is 1. The summed E-state index contributed by atoms with van der Waals surface area (Å²) in [7, 11) is 0. The number of hydrogen-bond acceptors (Lipinski definition) is 4. The number of carbonyl (C=O) groups is 2. The summed E-state index contributed by atoms with van der Waals surface area (Å²) in [6, 6.07) is 19.0. The highest BCUT2D eigenvalue weighted by molar-refractivity contribution is 8.00. The quantitative estimate of drug-likeness (QED) is 0.673. The zero-order valence-corrected chi connectivity index (χ0v) is 16.2. The molecule has 1 fully saturated rings. The van der Waals surface area contributed by atoms with Crippen molar-refractivity contribution in [1.82, 2.24) is 0 Å². The van der Waals surface area contributed by atoms with E-state index in [2.05, 4.69) is 24.4 Å². The molecule has 142 valence electrons. The Kier molecular flexibility index (Phi) is 5.21. The molecule has 4 rings (SSSR count). The van der Waals surface area contributed by atoms with Crippen LogP contribution in [0.5, 0.6) is 0 Å². The lowest BCUT2D eigenvalue weighted by molar-refractivity contribution is -0.115. The van der Waals surface area contributed by atoms with Gasteiger partial charge >= 0.3 is 0 Å².